The number of fused-ring (bicyclic) bond motifs is 1. The van der Waals surface area contributed by atoms with Crippen molar-refractivity contribution in [3.63, 3.8) is 0 Å². The van der Waals surface area contributed by atoms with Gasteiger partial charge in [-0.1, -0.05) is 0 Å². The van der Waals surface area contributed by atoms with Crippen LogP contribution in [0, 0.1) is 6.92 Å². The first-order chi connectivity index (χ1) is 9.54. The maximum absolute atomic E-state index is 11.6. The average molecular weight is 267 g/mol. The number of nitrogens with two attached hydrogens (primary N) is 1. The van der Waals surface area contributed by atoms with Crippen LogP contribution in [0.5, 0.6) is 0 Å². The lowest BCUT2D eigenvalue weighted by molar-refractivity contribution is 0.0879. The van der Waals surface area contributed by atoms with Crippen molar-refractivity contribution in [3.05, 3.63) is 53.1 Å². The van der Waals surface area contributed by atoms with Gasteiger partial charge in [0.15, 0.2) is 0 Å². The van der Waals surface area contributed by atoms with Crippen LogP contribution in [-0.4, -0.2) is 11.8 Å². The van der Waals surface area contributed by atoms with Crippen LogP contribution in [0.4, 0.5) is 17.1 Å². The quantitative estimate of drug-likeness (QED) is 0.575. The molecule has 0 aliphatic carbocycles. The lowest BCUT2D eigenvalue weighted by Gasteiger charge is -2.09. The van der Waals surface area contributed by atoms with Crippen LogP contribution in [0.3, 0.4) is 0 Å². The first-order valence-corrected chi connectivity index (χ1v) is 6.17. The second-order valence-corrected chi connectivity index (χ2v) is 4.74. The predicted octanol–water partition coefficient (Wildman–Crippen LogP) is 2.20. The van der Waals surface area contributed by atoms with Crippen molar-refractivity contribution >= 4 is 28.9 Å². The number of carbonyl (C=O) groups excluding carboxylic acids is 2. The summed E-state index contributed by atoms with van der Waals surface area (Å²) in [4.78, 5) is 23.1. The molecule has 1 aliphatic heterocycles. The maximum atomic E-state index is 11.6. The van der Waals surface area contributed by atoms with Gasteiger partial charge in [-0.2, -0.15) is 0 Å². The maximum Gasteiger partial charge on any atom is 0.259 e. The van der Waals surface area contributed by atoms with E-state index in [4.69, 9.17) is 5.73 Å². The number of nitrogen functional groups attached to an aromatic ring is 1. The van der Waals surface area contributed by atoms with E-state index >= 15 is 0 Å². The molecular formula is C15H13N3O2. The van der Waals surface area contributed by atoms with E-state index in [0.717, 1.165) is 22.6 Å². The molecule has 1 heterocycles. The Hall–Kier alpha value is -2.82. The Balaban J connectivity index is 1.92. The number of carbonyl (C=O) groups is 2. The zero-order valence-corrected chi connectivity index (χ0v) is 10.9. The Morgan fingerprint density at radius 3 is 2.35 bits per heavy atom. The summed E-state index contributed by atoms with van der Waals surface area (Å²) >= 11 is 0. The van der Waals surface area contributed by atoms with Crippen LogP contribution >= 0.6 is 0 Å². The topological polar surface area (TPSA) is 84.2 Å². The molecule has 1 aliphatic rings. The normalized spacial score (nSPS) is 13.1. The summed E-state index contributed by atoms with van der Waals surface area (Å²) in [6.07, 6.45) is 0. The minimum absolute atomic E-state index is 0.347. The molecule has 0 saturated heterocycles. The fraction of sp³-hybridized carbons (Fsp3) is 0.0667. The molecule has 0 aromatic heterocycles. The van der Waals surface area contributed by atoms with E-state index in [0.29, 0.717) is 11.1 Å². The summed E-state index contributed by atoms with van der Waals surface area (Å²) < 4.78 is 0. The van der Waals surface area contributed by atoms with Gasteiger partial charge in [0.25, 0.3) is 11.8 Å². The number of hydrogen-bond donors (Lipinski definition) is 3. The Morgan fingerprint density at radius 2 is 1.60 bits per heavy atom. The molecule has 2 aromatic carbocycles. The summed E-state index contributed by atoms with van der Waals surface area (Å²) in [6.45, 7) is 1.93. The highest BCUT2D eigenvalue weighted by Crippen LogP contribution is 2.24. The summed E-state index contributed by atoms with van der Waals surface area (Å²) in [5.41, 5.74) is 9.91. The molecule has 4 N–H and O–H groups in total. The highest BCUT2D eigenvalue weighted by Gasteiger charge is 2.26. The van der Waals surface area contributed by atoms with Gasteiger partial charge in [0.05, 0.1) is 11.1 Å². The van der Waals surface area contributed by atoms with Crippen molar-refractivity contribution in [1.82, 2.24) is 5.32 Å². The number of rotatable bonds is 2. The largest absolute Gasteiger partial charge is 0.399 e. The molecule has 0 spiro atoms. The molecule has 100 valence electrons. The van der Waals surface area contributed by atoms with Crippen molar-refractivity contribution in [1.29, 1.82) is 0 Å². The van der Waals surface area contributed by atoms with E-state index < -0.39 is 0 Å². The molecule has 5 heteroatoms. The third-order valence-electron chi connectivity index (χ3n) is 3.29. The number of benzene rings is 2. The standard InChI is InChI=1S/C15H13N3O2/c1-8-6-9(3-5-13(8)16)17-10-2-4-11-12(7-10)15(20)18-14(11)19/h2-7,17H,16H2,1H3,(H,18,19,20). The highest BCUT2D eigenvalue weighted by atomic mass is 16.2. The number of imide groups is 1. The number of amides is 2. The summed E-state index contributed by atoms with van der Waals surface area (Å²) in [6, 6.07) is 10.7. The fourth-order valence-electron chi connectivity index (χ4n) is 2.17. The van der Waals surface area contributed by atoms with Crippen LogP contribution in [0.2, 0.25) is 0 Å². The van der Waals surface area contributed by atoms with E-state index in [1.165, 1.54) is 0 Å². The number of hydrogen-bond acceptors (Lipinski definition) is 4. The van der Waals surface area contributed by atoms with Crippen molar-refractivity contribution in [3.8, 4) is 0 Å². The van der Waals surface area contributed by atoms with E-state index in [-0.39, 0.29) is 11.8 Å². The van der Waals surface area contributed by atoms with Gasteiger partial charge >= 0.3 is 0 Å². The summed E-state index contributed by atoms with van der Waals surface area (Å²) in [7, 11) is 0. The third kappa shape index (κ3) is 1.99. The third-order valence-corrected chi connectivity index (χ3v) is 3.29. The van der Waals surface area contributed by atoms with E-state index in [1.807, 2.05) is 25.1 Å². The van der Waals surface area contributed by atoms with E-state index in [9.17, 15) is 9.59 Å². The van der Waals surface area contributed by atoms with Gasteiger partial charge in [0.1, 0.15) is 0 Å². The molecular weight excluding hydrogens is 254 g/mol. The van der Waals surface area contributed by atoms with Gasteiger partial charge in [-0.3, -0.25) is 14.9 Å². The van der Waals surface area contributed by atoms with Gasteiger partial charge in [0.2, 0.25) is 0 Å². The van der Waals surface area contributed by atoms with E-state index in [2.05, 4.69) is 10.6 Å². The Kier molecular flexibility index (Phi) is 2.68. The molecule has 0 fully saturated rings. The molecule has 0 saturated carbocycles. The minimum Gasteiger partial charge on any atom is -0.399 e. The monoisotopic (exact) mass is 267 g/mol. The lowest BCUT2D eigenvalue weighted by Crippen LogP contribution is -2.19. The molecule has 5 nitrogen and oxygen atoms in total. The molecule has 0 atom stereocenters. The van der Waals surface area contributed by atoms with Crippen molar-refractivity contribution in [2.75, 3.05) is 11.1 Å². The molecule has 2 aromatic rings. The zero-order chi connectivity index (χ0) is 14.3. The van der Waals surface area contributed by atoms with Gasteiger partial charge in [0, 0.05) is 17.1 Å². The SMILES string of the molecule is Cc1cc(Nc2ccc3c(c2)C(=O)NC3=O)ccc1N. The molecule has 20 heavy (non-hydrogen) atoms. The van der Waals surface area contributed by atoms with Crippen LogP contribution in [0.15, 0.2) is 36.4 Å². The highest BCUT2D eigenvalue weighted by molar-refractivity contribution is 6.21. The van der Waals surface area contributed by atoms with Gasteiger partial charge < -0.3 is 11.1 Å². The Bertz CT molecular complexity index is 738. The second kappa shape index (κ2) is 4.38. The molecule has 0 radical (unpaired) electrons. The van der Waals surface area contributed by atoms with Crippen LogP contribution < -0.4 is 16.4 Å². The molecule has 0 unspecified atom stereocenters. The van der Waals surface area contributed by atoms with Crippen LogP contribution in [-0.2, 0) is 0 Å². The zero-order valence-electron chi connectivity index (χ0n) is 10.9. The fourth-order valence-corrected chi connectivity index (χ4v) is 2.17. The van der Waals surface area contributed by atoms with Gasteiger partial charge in [-0.25, -0.2) is 0 Å². The Labute approximate surface area is 115 Å². The first-order valence-electron chi connectivity index (χ1n) is 6.17. The number of nitrogens with one attached hydrogen (secondary N) is 2. The summed E-state index contributed by atoms with van der Waals surface area (Å²) in [5, 5.41) is 5.46. The average Bonchev–Trinajstić information content (AvgIpc) is 2.69. The second-order valence-electron chi connectivity index (χ2n) is 4.74. The van der Waals surface area contributed by atoms with Crippen LogP contribution in [0.1, 0.15) is 26.3 Å². The Morgan fingerprint density at radius 1 is 0.950 bits per heavy atom. The van der Waals surface area contributed by atoms with Crippen molar-refractivity contribution in [2.24, 2.45) is 0 Å². The number of aryl methyl sites for hydroxylation is 1. The van der Waals surface area contributed by atoms with Crippen molar-refractivity contribution in [2.45, 2.75) is 6.92 Å². The summed E-state index contributed by atoms with van der Waals surface area (Å²) in [5.74, 6) is -0.706. The molecule has 3 rings (SSSR count). The van der Waals surface area contributed by atoms with Gasteiger partial charge in [-0.15, -0.1) is 0 Å². The molecule has 0 bridgehead atoms. The van der Waals surface area contributed by atoms with E-state index in [1.54, 1.807) is 18.2 Å². The first kappa shape index (κ1) is 12.2. The number of anilines is 3. The predicted molar refractivity (Wildman–Crippen MR) is 77.1 cm³/mol. The van der Waals surface area contributed by atoms with Crippen molar-refractivity contribution < 1.29 is 9.59 Å². The van der Waals surface area contributed by atoms with Gasteiger partial charge in [-0.05, 0) is 48.9 Å². The smallest absolute Gasteiger partial charge is 0.259 e. The molecule has 2 amide bonds. The van der Waals surface area contributed by atoms with Crippen LogP contribution in [0.25, 0.3) is 0 Å². The lowest BCUT2D eigenvalue weighted by atomic mass is 10.1. The minimum atomic E-state index is -0.359.